The number of likely N-dealkylation sites (N-methyl/N-ethyl adjacent to an activating group) is 1. The van der Waals surface area contributed by atoms with Crippen LogP contribution in [-0.4, -0.2) is 47.6 Å². The molecule has 164 valence electrons. The van der Waals surface area contributed by atoms with E-state index in [1.54, 1.807) is 24.3 Å². The van der Waals surface area contributed by atoms with E-state index in [1.807, 2.05) is 0 Å². The first-order valence-electron chi connectivity index (χ1n) is 10.3. The molecule has 4 rings (SSSR count). The third-order valence-corrected chi connectivity index (χ3v) is 6.69. The average Bonchev–Trinajstić information content (AvgIpc) is 3.22. The number of benzene rings is 2. The molecule has 1 fully saturated rings. The molecular weight excluding hydrogens is 439 g/mol. The molecule has 2 aromatic rings. The summed E-state index contributed by atoms with van der Waals surface area (Å²) in [5, 5.41) is 17.9. The second-order valence-corrected chi connectivity index (χ2v) is 8.53. The SMILES string of the molecule is CCN1CCC[C@@H]1CNC(=O)[C@@]1(O)c2ccccc2NC(=O)N1c1ccc(Cl)c(Cl)c1. The Balaban J connectivity index is 1.72. The maximum absolute atomic E-state index is 13.5. The van der Waals surface area contributed by atoms with Crippen LogP contribution in [0.5, 0.6) is 0 Å². The van der Waals surface area contributed by atoms with Gasteiger partial charge in [0.25, 0.3) is 11.6 Å². The highest BCUT2D eigenvalue weighted by Crippen LogP contribution is 2.41. The van der Waals surface area contributed by atoms with Crippen molar-refractivity contribution in [3.63, 3.8) is 0 Å². The number of hydrogen-bond acceptors (Lipinski definition) is 4. The van der Waals surface area contributed by atoms with Crippen LogP contribution in [0.25, 0.3) is 0 Å². The average molecular weight is 463 g/mol. The maximum Gasteiger partial charge on any atom is 0.329 e. The second kappa shape index (κ2) is 8.67. The first-order valence-corrected chi connectivity index (χ1v) is 11.0. The van der Waals surface area contributed by atoms with Crippen LogP contribution in [0, 0.1) is 0 Å². The minimum Gasteiger partial charge on any atom is -0.359 e. The summed E-state index contributed by atoms with van der Waals surface area (Å²) in [4.78, 5) is 29.8. The van der Waals surface area contributed by atoms with Crippen LogP contribution in [0.15, 0.2) is 42.5 Å². The monoisotopic (exact) mass is 462 g/mol. The number of nitrogens with one attached hydrogen (secondary N) is 2. The first-order chi connectivity index (χ1) is 14.9. The second-order valence-electron chi connectivity index (χ2n) is 7.72. The molecular formula is C22H24Cl2N4O3. The molecule has 2 aliphatic heterocycles. The van der Waals surface area contributed by atoms with Crippen LogP contribution in [0.1, 0.15) is 25.3 Å². The molecule has 3 amide bonds. The van der Waals surface area contributed by atoms with E-state index in [4.69, 9.17) is 23.2 Å². The number of aliphatic hydroxyl groups is 1. The summed E-state index contributed by atoms with van der Waals surface area (Å²) in [5.74, 6) is -0.677. The summed E-state index contributed by atoms with van der Waals surface area (Å²) in [6.07, 6.45) is 2.04. The number of urea groups is 1. The van der Waals surface area contributed by atoms with Gasteiger partial charge in [0.1, 0.15) is 0 Å². The molecule has 3 N–H and O–H groups in total. The first kappa shape index (κ1) is 21.9. The van der Waals surface area contributed by atoms with Crippen molar-refractivity contribution in [2.75, 3.05) is 29.9 Å². The lowest BCUT2D eigenvalue weighted by Crippen LogP contribution is -2.63. The van der Waals surface area contributed by atoms with Gasteiger partial charge < -0.3 is 15.7 Å². The Morgan fingerprint density at radius 1 is 1.26 bits per heavy atom. The number of anilines is 2. The number of para-hydroxylation sites is 1. The smallest absolute Gasteiger partial charge is 0.329 e. The molecule has 7 nitrogen and oxygen atoms in total. The zero-order valence-electron chi connectivity index (χ0n) is 17.1. The van der Waals surface area contributed by atoms with E-state index >= 15 is 0 Å². The molecule has 0 spiro atoms. The number of rotatable bonds is 5. The van der Waals surface area contributed by atoms with Crippen LogP contribution in [-0.2, 0) is 10.5 Å². The molecule has 2 aliphatic rings. The van der Waals surface area contributed by atoms with E-state index in [2.05, 4.69) is 22.5 Å². The van der Waals surface area contributed by atoms with Gasteiger partial charge in [0.05, 0.1) is 21.4 Å². The van der Waals surface area contributed by atoms with Crippen molar-refractivity contribution < 1.29 is 14.7 Å². The number of hydrogen-bond donors (Lipinski definition) is 3. The predicted molar refractivity (Wildman–Crippen MR) is 122 cm³/mol. The van der Waals surface area contributed by atoms with Gasteiger partial charge in [-0.2, -0.15) is 0 Å². The van der Waals surface area contributed by atoms with Crippen molar-refractivity contribution in [1.29, 1.82) is 0 Å². The zero-order valence-corrected chi connectivity index (χ0v) is 18.6. The number of carbonyl (C=O) groups excluding carboxylic acids is 2. The van der Waals surface area contributed by atoms with Gasteiger partial charge in [-0.1, -0.05) is 48.3 Å². The van der Waals surface area contributed by atoms with E-state index in [-0.39, 0.29) is 22.3 Å². The molecule has 2 atom stereocenters. The van der Waals surface area contributed by atoms with Crippen LogP contribution < -0.4 is 15.5 Å². The fourth-order valence-corrected chi connectivity index (χ4v) is 4.66. The van der Waals surface area contributed by atoms with Crippen molar-refractivity contribution >= 4 is 46.5 Å². The number of fused-ring (bicyclic) bond motifs is 1. The summed E-state index contributed by atoms with van der Waals surface area (Å²) < 4.78 is 0. The minimum absolute atomic E-state index is 0.198. The molecule has 0 aromatic heterocycles. The molecule has 0 unspecified atom stereocenters. The van der Waals surface area contributed by atoms with E-state index in [0.29, 0.717) is 17.3 Å². The van der Waals surface area contributed by atoms with Gasteiger partial charge in [-0.15, -0.1) is 0 Å². The number of halogens is 2. The number of carbonyl (C=O) groups is 2. The van der Waals surface area contributed by atoms with Gasteiger partial charge in [-0.3, -0.25) is 14.6 Å². The Hall–Kier alpha value is -2.32. The van der Waals surface area contributed by atoms with E-state index in [0.717, 1.165) is 30.8 Å². The fraction of sp³-hybridized carbons (Fsp3) is 0.364. The van der Waals surface area contributed by atoms with Gasteiger partial charge in [-0.25, -0.2) is 4.79 Å². The molecule has 2 aromatic carbocycles. The Labute approximate surface area is 190 Å². The van der Waals surface area contributed by atoms with Gasteiger partial charge in [0.2, 0.25) is 0 Å². The predicted octanol–water partition coefficient (Wildman–Crippen LogP) is 3.79. The van der Waals surface area contributed by atoms with Gasteiger partial charge in [0, 0.05) is 18.2 Å². The normalized spacial score (nSPS) is 23.4. The highest BCUT2D eigenvalue weighted by molar-refractivity contribution is 6.42. The van der Waals surface area contributed by atoms with Gasteiger partial charge in [-0.05, 0) is 50.2 Å². The molecule has 0 radical (unpaired) electrons. The minimum atomic E-state index is -2.26. The molecule has 0 aliphatic carbocycles. The number of amides is 3. The Kier molecular flexibility index (Phi) is 6.12. The summed E-state index contributed by atoms with van der Waals surface area (Å²) in [6.45, 7) is 4.35. The lowest BCUT2D eigenvalue weighted by Gasteiger charge is -2.43. The number of nitrogens with zero attached hydrogens (tertiary/aromatic N) is 2. The summed E-state index contributed by atoms with van der Waals surface area (Å²) >= 11 is 12.2. The molecule has 31 heavy (non-hydrogen) atoms. The lowest BCUT2D eigenvalue weighted by molar-refractivity contribution is -0.140. The molecule has 2 heterocycles. The molecule has 0 saturated carbocycles. The Morgan fingerprint density at radius 2 is 2.03 bits per heavy atom. The molecule has 9 heteroatoms. The number of likely N-dealkylation sites (tertiary alicyclic amines) is 1. The van der Waals surface area contributed by atoms with E-state index in [1.165, 1.54) is 18.2 Å². The summed E-state index contributed by atoms with van der Waals surface area (Å²) in [5.41, 5.74) is -1.37. The molecule has 1 saturated heterocycles. The Morgan fingerprint density at radius 3 is 2.77 bits per heavy atom. The highest BCUT2D eigenvalue weighted by Gasteiger charge is 2.52. The van der Waals surface area contributed by atoms with Crippen molar-refractivity contribution in [2.45, 2.75) is 31.5 Å². The fourth-order valence-electron chi connectivity index (χ4n) is 4.36. The van der Waals surface area contributed by atoms with Crippen LogP contribution in [0.4, 0.5) is 16.2 Å². The summed E-state index contributed by atoms with van der Waals surface area (Å²) in [7, 11) is 0. The van der Waals surface area contributed by atoms with Gasteiger partial charge >= 0.3 is 6.03 Å². The third-order valence-electron chi connectivity index (χ3n) is 5.95. The lowest BCUT2D eigenvalue weighted by atomic mass is 9.94. The van der Waals surface area contributed by atoms with Crippen molar-refractivity contribution in [1.82, 2.24) is 10.2 Å². The Bertz CT molecular complexity index is 1020. The molecule has 0 bridgehead atoms. The highest BCUT2D eigenvalue weighted by atomic mass is 35.5. The van der Waals surface area contributed by atoms with Gasteiger partial charge in [0.15, 0.2) is 0 Å². The quantitative estimate of drug-likeness (QED) is 0.630. The zero-order chi connectivity index (χ0) is 22.2. The van der Waals surface area contributed by atoms with E-state index in [9.17, 15) is 14.7 Å². The van der Waals surface area contributed by atoms with Crippen LogP contribution >= 0.6 is 23.2 Å². The van der Waals surface area contributed by atoms with Crippen molar-refractivity contribution in [3.05, 3.63) is 58.1 Å². The standard InChI is InChI=1S/C22H24Cl2N4O3/c1-2-27-11-5-6-15(27)13-25-20(29)22(31)16-7-3-4-8-19(16)26-21(30)28(22)14-9-10-17(23)18(24)12-14/h3-4,7-10,12,15,31H,2,5-6,11,13H2,1H3,(H,25,29)(H,26,30)/t15-,22+/m1/s1. The van der Waals surface area contributed by atoms with E-state index < -0.39 is 17.7 Å². The van der Waals surface area contributed by atoms with Crippen LogP contribution in [0.2, 0.25) is 10.0 Å². The topological polar surface area (TPSA) is 84.9 Å². The van der Waals surface area contributed by atoms with Crippen molar-refractivity contribution in [2.24, 2.45) is 0 Å². The summed E-state index contributed by atoms with van der Waals surface area (Å²) in [6, 6.07) is 10.8. The van der Waals surface area contributed by atoms with Crippen LogP contribution in [0.3, 0.4) is 0 Å². The third kappa shape index (κ3) is 3.87. The van der Waals surface area contributed by atoms with Crippen molar-refractivity contribution in [3.8, 4) is 0 Å². The maximum atomic E-state index is 13.5. The largest absolute Gasteiger partial charge is 0.359 e.